The van der Waals surface area contributed by atoms with Gasteiger partial charge in [-0.1, -0.05) is 0 Å². The highest BCUT2D eigenvalue weighted by atomic mass is 32.1. The van der Waals surface area contributed by atoms with E-state index in [0.29, 0.717) is 6.04 Å². The average molecular weight is 347 g/mol. The predicted octanol–water partition coefficient (Wildman–Crippen LogP) is 2.78. The van der Waals surface area contributed by atoms with Gasteiger partial charge in [-0.05, 0) is 47.7 Å². The highest BCUT2D eigenvalue weighted by molar-refractivity contribution is 7.07. The topological polar surface area (TPSA) is 39.5 Å². The molecule has 6 heteroatoms. The van der Waals surface area contributed by atoms with Crippen molar-refractivity contribution >= 4 is 11.3 Å². The number of aromatic nitrogens is 2. The van der Waals surface area contributed by atoms with Gasteiger partial charge in [-0.15, -0.1) is 0 Å². The Morgan fingerprint density at radius 2 is 2.38 bits per heavy atom. The Morgan fingerprint density at radius 1 is 1.38 bits per heavy atom. The van der Waals surface area contributed by atoms with E-state index in [2.05, 4.69) is 26.8 Å². The van der Waals surface area contributed by atoms with Crippen molar-refractivity contribution in [2.75, 3.05) is 19.8 Å². The summed E-state index contributed by atoms with van der Waals surface area (Å²) in [5.74, 6) is 0. The van der Waals surface area contributed by atoms with Crippen molar-refractivity contribution < 1.29 is 9.47 Å². The normalized spacial score (nSPS) is 27.4. The summed E-state index contributed by atoms with van der Waals surface area (Å²) < 4.78 is 14.2. The molecule has 24 heavy (non-hydrogen) atoms. The maximum atomic E-state index is 6.16. The Balaban J connectivity index is 1.26. The summed E-state index contributed by atoms with van der Waals surface area (Å²) in [6, 6.07) is 4.70. The highest BCUT2D eigenvalue weighted by Gasteiger charge is 2.43. The monoisotopic (exact) mass is 347 g/mol. The van der Waals surface area contributed by atoms with Gasteiger partial charge in [0.2, 0.25) is 0 Å². The number of morpholine rings is 1. The molecule has 0 spiro atoms. The summed E-state index contributed by atoms with van der Waals surface area (Å²) in [5.41, 5.74) is 1.42. The fourth-order valence-corrected chi connectivity index (χ4v) is 4.54. The molecule has 0 unspecified atom stereocenters. The molecule has 0 radical (unpaired) electrons. The predicted molar refractivity (Wildman–Crippen MR) is 94.1 cm³/mol. The molecule has 2 aromatic heterocycles. The summed E-state index contributed by atoms with van der Waals surface area (Å²) in [6.07, 6.45) is 7.59. The fourth-order valence-electron chi connectivity index (χ4n) is 3.88. The maximum Gasteiger partial charge on any atom is 0.0992 e. The molecule has 4 rings (SSSR count). The standard InChI is InChI=1S/C18H25N3O2S/c1-6-19-21(7-1)8-2-10-22-17-4-3-16-18(17)23-11-9-20(16)13-15-5-12-24-14-15/h1,5-7,12,14,16-18H,2-4,8-11,13H2/t16-,17+,18+/m0/s1. The van der Waals surface area contributed by atoms with Crippen LogP contribution < -0.4 is 0 Å². The van der Waals surface area contributed by atoms with Crippen molar-refractivity contribution in [3.05, 3.63) is 40.8 Å². The second-order valence-corrected chi connectivity index (χ2v) is 7.39. The first-order chi connectivity index (χ1) is 11.9. The minimum absolute atomic E-state index is 0.238. The summed E-state index contributed by atoms with van der Waals surface area (Å²) >= 11 is 1.78. The van der Waals surface area contributed by atoms with Gasteiger partial charge in [0.05, 0.1) is 18.8 Å². The lowest BCUT2D eigenvalue weighted by Gasteiger charge is -2.39. The van der Waals surface area contributed by atoms with Gasteiger partial charge in [0.25, 0.3) is 0 Å². The Hall–Kier alpha value is -1.21. The number of rotatable bonds is 7. The number of aryl methyl sites for hydroxylation is 1. The minimum Gasteiger partial charge on any atom is -0.375 e. The van der Waals surface area contributed by atoms with Gasteiger partial charge in [-0.25, -0.2) is 0 Å². The minimum atomic E-state index is 0.238. The third kappa shape index (κ3) is 3.72. The zero-order valence-electron chi connectivity index (χ0n) is 13.9. The number of hydrogen-bond acceptors (Lipinski definition) is 5. The molecular formula is C18H25N3O2S. The van der Waals surface area contributed by atoms with Crippen molar-refractivity contribution in [1.82, 2.24) is 14.7 Å². The molecule has 3 heterocycles. The molecule has 2 fully saturated rings. The van der Waals surface area contributed by atoms with E-state index in [0.717, 1.165) is 45.7 Å². The quantitative estimate of drug-likeness (QED) is 0.722. The van der Waals surface area contributed by atoms with Crippen LogP contribution in [0.3, 0.4) is 0 Å². The van der Waals surface area contributed by atoms with Gasteiger partial charge < -0.3 is 9.47 Å². The molecule has 1 saturated heterocycles. The third-order valence-corrected chi connectivity index (χ3v) is 5.77. The molecule has 3 atom stereocenters. The van der Waals surface area contributed by atoms with E-state index in [-0.39, 0.29) is 12.2 Å². The third-order valence-electron chi connectivity index (χ3n) is 5.04. The Labute approximate surface area is 147 Å². The van der Waals surface area contributed by atoms with Gasteiger partial charge in [0.1, 0.15) is 0 Å². The summed E-state index contributed by atoms with van der Waals surface area (Å²) in [5, 5.41) is 8.64. The molecule has 0 N–H and O–H groups in total. The van der Waals surface area contributed by atoms with Crippen molar-refractivity contribution in [2.24, 2.45) is 0 Å². The second-order valence-electron chi connectivity index (χ2n) is 6.61. The molecule has 0 bridgehead atoms. The van der Waals surface area contributed by atoms with Crippen LogP contribution in [0.4, 0.5) is 0 Å². The van der Waals surface area contributed by atoms with E-state index < -0.39 is 0 Å². The number of thiophene rings is 1. The number of fused-ring (bicyclic) bond motifs is 1. The van der Waals surface area contributed by atoms with Crippen LogP contribution in [-0.2, 0) is 22.6 Å². The van der Waals surface area contributed by atoms with E-state index in [1.165, 1.54) is 12.0 Å². The molecule has 2 aromatic rings. The van der Waals surface area contributed by atoms with Crippen LogP contribution >= 0.6 is 11.3 Å². The van der Waals surface area contributed by atoms with Crippen LogP contribution in [0.2, 0.25) is 0 Å². The van der Waals surface area contributed by atoms with E-state index in [9.17, 15) is 0 Å². The van der Waals surface area contributed by atoms with Crippen LogP contribution in [0.5, 0.6) is 0 Å². The first-order valence-electron chi connectivity index (χ1n) is 8.86. The Morgan fingerprint density at radius 3 is 3.21 bits per heavy atom. The first-order valence-corrected chi connectivity index (χ1v) is 9.80. The van der Waals surface area contributed by atoms with Crippen LogP contribution in [0, 0.1) is 0 Å². The van der Waals surface area contributed by atoms with E-state index in [4.69, 9.17) is 9.47 Å². The maximum absolute atomic E-state index is 6.16. The zero-order valence-corrected chi connectivity index (χ0v) is 14.7. The Kier molecular flexibility index (Phi) is 5.27. The SMILES string of the molecule is c1cnn(CCCO[C@@H]2CC[C@H]3[C@H]2OCCN3Cc2ccsc2)c1. The van der Waals surface area contributed by atoms with Gasteiger partial charge in [0.15, 0.2) is 0 Å². The lowest BCUT2D eigenvalue weighted by Crippen LogP contribution is -2.51. The molecule has 5 nitrogen and oxygen atoms in total. The lowest BCUT2D eigenvalue weighted by atomic mass is 10.1. The van der Waals surface area contributed by atoms with Crippen LogP contribution in [0.1, 0.15) is 24.8 Å². The Bertz CT molecular complexity index is 602. The molecule has 1 aliphatic carbocycles. The molecule has 1 saturated carbocycles. The number of nitrogens with zero attached hydrogens (tertiary/aromatic N) is 3. The van der Waals surface area contributed by atoms with Crippen molar-refractivity contribution in [3.63, 3.8) is 0 Å². The second kappa shape index (κ2) is 7.78. The summed E-state index contributed by atoms with van der Waals surface area (Å²) in [7, 11) is 0. The van der Waals surface area contributed by atoms with Gasteiger partial charge in [0, 0.05) is 44.7 Å². The van der Waals surface area contributed by atoms with Gasteiger partial charge >= 0.3 is 0 Å². The number of hydrogen-bond donors (Lipinski definition) is 0. The van der Waals surface area contributed by atoms with Crippen LogP contribution in [0.25, 0.3) is 0 Å². The largest absolute Gasteiger partial charge is 0.375 e. The molecular weight excluding hydrogens is 322 g/mol. The van der Waals surface area contributed by atoms with Gasteiger partial charge in [-0.3, -0.25) is 9.58 Å². The fraction of sp³-hybridized carbons (Fsp3) is 0.611. The van der Waals surface area contributed by atoms with Crippen LogP contribution in [0.15, 0.2) is 35.3 Å². The number of ether oxygens (including phenoxy) is 2. The smallest absolute Gasteiger partial charge is 0.0992 e. The van der Waals surface area contributed by atoms with Crippen molar-refractivity contribution in [2.45, 2.75) is 50.6 Å². The van der Waals surface area contributed by atoms with E-state index >= 15 is 0 Å². The van der Waals surface area contributed by atoms with Crippen LogP contribution in [-0.4, -0.2) is 52.7 Å². The molecule has 0 amide bonds. The summed E-state index contributed by atoms with van der Waals surface area (Å²) in [6.45, 7) is 4.59. The average Bonchev–Trinajstić information content (AvgIpc) is 3.34. The molecule has 2 aliphatic rings. The zero-order chi connectivity index (χ0) is 16.2. The van der Waals surface area contributed by atoms with E-state index in [1.54, 1.807) is 11.3 Å². The van der Waals surface area contributed by atoms with Crippen molar-refractivity contribution in [1.29, 1.82) is 0 Å². The molecule has 0 aromatic carbocycles. The summed E-state index contributed by atoms with van der Waals surface area (Å²) in [4.78, 5) is 2.59. The van der Waals surface area contributed by atoms with Gasteiger partial charge in [-0.2, -0.15) is 16.4 Å². The first kappa shape index (κ1) is 16.3. The molecule has 130 valence electrons. The van der Waals surface area contributed by atoms with E-state index in [1.807, 2.05) is 23.1 Å². The van der Waals surface area contributed by atoms with Crippen molar-refractivity contribution in [3.8, 4) is 0 Å². The lowest BCUT2D eigenvalue weighted by molar-refractivity contribution is -0.115. The highest BCUT2D eigenvalue weighted by Crippen LogP contribution is 2.33. The molecule has 1 aliphatic heterocycles.